The molecular formula is C20H25NO4S. The van der Waals surface area contributed by atoms with Crippen molar-refractivity contribution in [2.45, 2.75) is 45.1 Å². The van der Waals surface area contributed by atoms with Gasteiger partial charge in [0.25, 0.3) is 0 Å². The fourth-order valence-electron chi connectivity index (χ4n) is 3.38. The summed E-state index contributed by atoms with van der Waals surface area (Å²) < 4.78 is 33.7. The molecule has 0 saturated heterocycles. The van der Waals surface area contributed by atoms with Gasteiger partial charge in [-0.1, -0.05) is 12.1 Å². The van der Waals surface area contributed by atoms with Gasteiger partial charge in [0.15, 0.2) is 0 Å². The van der Waals surface area contributed by atoms with Gasteiger partial charge in [0.1, 0.15) is 5.75 Å². The van der Waals surface area contributed by atoms with Gasteiger partial charge in [0.05, 0.1) is 17.6 Å². The lowest BCUT2D eigenvalue weighted by Gasteiger charge is -2.18. The highest BCUT2D eigenvalue weighted by Gasteiger charge is 2.23. The topological polar surface area (TPSA) is 75.6 Å². The molecule has 0 spiro atoms. The zero-order chi connectivity index (χ0) is 19.1. The molecule has 6 heteroatoms. The normalized spacial score (nSPS) is 14.8. The Bertz CT molecular complexity index is 925. The minimum absolute atomic E-state index is 0.0755. The van der Waals surface area contributed by atoms with Crippen LogP contribution in [0.3, 0.4) is 0 Å². The number of ether oxygens (including phenoxy) is 1. The molecule has 1 heterocycles. The number of hydrogen-bond donors (Lipinski definition) is 2. The minimum Gasteiger partial charge on any atom is -0.493 e. The standard InChI is InChI=1S/C20H25NO4S/c1-12-9-13(2)15(4)20(14(12)3)26(23,24)21-11-18(22)16-5-6-19-17(10-16)7-8-25-19/h5-6,9-10,18,21-22H,7-8,11H2,1-4H3. The molecule has 0 saturated carbocycles. The van der Waals surface area contributed by atoms with E-state index in [0.717, 1.165) is 40.0 Å². The van der Waals surface area contributed by atoms with E-state index in [9.17, 15) is 13.5 Å². The van der Waals surface area contributed by atoms with Crippen LogP contribution in [0, 0.1) is 27.7 Å². The fourth-order valence-corrected chi connectivity index (χ4v) is 5.03. The Morgan fingerprint density at radius 2 is 1.77 bits per heavy atom. The number of hydrogen-bond acceptors (Lipinski definition) is 4. The number of aliphatic hydroxyl groups is 1. The van der Waals surface area contributed by atoms with Crippen molar-refractivity contribution in [1.29, 1.82) is 0 Å². The zero-order valence-electron chi connectivity index (χ0n) is 15.6. The van der Waals surface area contributed by atoms with Crippen LogP contribution in [0.2, 0.25) is 0 Å². The monoisotopic (exact) mass is 375 g/mol. The smallest absolute Gasteiger partial charge is 0.241 e. The Kier molecular flexibility index (Phi) is 5.10. The van der Waals surface area contributed by atoms with Crippen molar-refractivity contribution >= 4 is 10.0 Å². The maximum atomic E-state index is 12.9. The second-order valence-electron chi connectivity index (χ2n) is 6.92. The summed E-state index contributed by atoms with van der Waals surface area (Å²) >= 11 is 0. The van der Waals surface area contributed by atoms with Gasteiger partial charge in [-0.15, -0.1) is 0 Å². The molecule has 0 radical (unpaired) electrons. The number of nitrogens with one attached hydrogen (secondary N) is 1. The largest absolute Gasteiger partial charge is 0.493 e. The molecule has 1 aliphatic rings. The van der Waals surface area contributed by atoms with Crippen LogP contribution < -0.4 is 9.46 Å². The van der Waals surface area contributed by atoms with Crippen LogP contribution >= 0.6 is 0 Å². The van der Waals surface area contributed by atoms with E-state index < -0.39 is 16.1 Å². The van der Waals surface area contributed by atoms with Crippen molar-refractivity contribution in [1.82, 2.24) is 4.72 Å². The Hall–Kier alpha value is -1.89. The van der Waals surface area contributed by atoms with E-state index in [-0.39, 0.29) is 6.54 Å². The first-order chi connectivity index (χ1) is 12.2. The van der Waals surface area contributed by atoms with E-state index in [1.54, 1.807) is 6.07 Å². The van der Waals surface area contributed by atoms with Gasteiger partial charge in [0.2, 0.25) is 10.0 Å². The molecule has 0 bridgehead atoms. The quantitative estimate of drug-likeness (QED) is 0.843. The van der Waals surface area contributed by atoms with Gasteiger partial charge in [-0.25, -0.2) is 13.1 Å². The Balaban J connectivity index is 1.81. The molecule has 0 aliphatic carbocycles. The molecule has 2 aromatic rings. The van der Waals surface area contributed by atoms with Gasteiger partial charge in [-0.2, -0.15) is 0 Å². The molecule has 2 N–H and O–H groups in total. The van der Waals surface area contributed by atoms with Gasteiger partial charge < -0.3 is 9.84 Å². The second-order valence-corrected chi connectivity index (χ2v) is 8.63. The molecular weight excluding hydrogens is 350 g/mol. The third kappa shape index (κ3) is 3.49. The molecule has 0 fully saturated rings. The molecule has 1 aliphatic heterocycles. The first-order valence-corrected chi connectivity index (χ1v) is 10.2. The Morgan fingerprint density at radius 1 is 1.12 bits per heavy atom. The van der Waals surface area contributed by atoms with Crippen molar-refractivity contribution in [3.8, 4) is 5.75 Å². The Morgan fingerprint density at radius 3 is 2.42 bits per heavy atom. The summed E-state index contributed by atoms with van der Waals surface area (Å²) in [7, 11) is -3.72. The summed E-state index contributed by atoms with van der Waals surface area (Å²) in [6, 6.07) is 7.48. The average molecular weight is 375 g/mol. The molecule has 140 valence electrons. The third-order valence-electron chi connectivity index (χ3n) is 5.13. The molecule has 1 unspecified atom stereocenters. The van der Waals surface area contributed by atoms with E-state index in [4.69, 9.17) is 4.74 Å². The molecule has 1 atom stereocenters. The van der Waals surface area contributed by atoms with Crippen LogP contribution in [-0.4, -0.2) is 26.7 Å². The summed E-state index contributed by atoms with van der Waals surface area (Å²) in [6.45, 7) is 8.01. The number of benzene rings is 2. The van der Waals surface area contributed by atoms with Crippen LogP contribution in [0.5, 0.6) is 5.75 Å². The lowest BCUT2D eigenvalue weighted by atomic mass is 10.0. The van der Waals surface area contributed by atoms with Crippen molar-refractivity contribution in [3.05, 3.63) is 57.6 Å². The predicted molar refractivity (Wildman–Crippen MR) is 101 cm³/mol. The fraction of sp³-hybridized carbons (Fsp3) is 0.400. The van der Waals surface area contributed by atoms with Gasteiger partial charge in [-0.05, 0) is 73.2 Å². The summed E-state index contributed by atoms with van der Waals surface area (Å²) in [5.41, 5.74) is 5.09. The van der Waals surface area contributed by atoms with E-state index in [1.165, 1.54) is 0 Å². The van der Waals surface area contributed by atoms with Gasteiger partial charge in [-0.3, -0.25) is 0 Å². The molecule has 0 aromatic heterocycles. The number of fused-ring (bicyclic) bond motifs is 1. The van der Waals surface area contributed by atoms with Crippen LogP contribution in [0.15, 0.2) is 29.2 Å². The van der Waals surface area contributed by atoms with Crippen molar-refractivity contribution in [2.75, 3.05) is 13.2 Å². The van der Waals surface area contributed by atoms with Crippen molar-refractivity contribution in [2.24, 2.45) is 0 Å². The second kappa shape index (κ2) is 7.02. The van der Waals surface area contributed by atoms with E-state index >= 15 is 0 Å². The first kappa shape index (κ1) is 18.9. The van der Waals surface area contributed by atoms with E-state index in [0.29, 0.717) is 17.1 Å². The average Bonchev–Trinajstić information content (AvgIpc) is 3.05. The van der Waals surface area contributed by atoms with Gasteiger partial charge >= 0.3 is 0 Å². The van der Waals surface area contributed by atoms with Crippen LogP contribution in [0.25, 0.3) is 0 Å². The summed E-state index contributed by atoms with van der Waals surface area (Å²) in [5, 5.41) is 10.4. The summed E-state index contributed by atoms with van der Waals surface area (Å²) in [5.74, 6) is 0.836. The third-order valence-corrected chi connectivity index (χ3v) is 6.83. The maximum absolute atomic E-state index is 12.9. The molecule has 2 aromatic carbocycles. The van der Waals surface area contributed by atoms with Crippen LogP contribution in [0.1, 0.15) is 39.5 Å². The van der Waals surface area contributed by atoms with Crippen molar-refractivity contribution in [3.63, 3.8) is 0 Å². The number of aliphatic hydroxyl groups excluding tert-OH is 1. The van der Waals surface area contributed by atoms with E-state index in [2.05, 4.69) is 4.72 Å². The molecule has 3 rings (SSSR count). The van der Waals surface area contributed by atoms with Gasteiger partial charge in [0, 0.05) is 13.0 Å². The zero-order valence-corrected chi connectivity index (χ0v) is 16.4. The predicted octanol–water partition coefficient (Wildman–Crippen LogP) is 2.87. The lowest BCUT2D eigenvalue weighted by Crippen LogP contribution is -2.30. The summed E-state index contributed by atoms with van der Waals surface area (Å²) in [4.78, 5) is 0.310. The maximum Gasteiger partial charge on any atom is 0.241 e. The molecule has 0 amide bonds. The highest BCUT2D eigenvalue weighted by atomic mass is 32.2. The first-order valence-electron chi connectivity index (χ1n) is 8.71. The van der Waals surface area contributed by atoms with Crippen LogP contribution in [0.4, 0.5) is 0 Å². The molecule has 26 heavy (non-hydrogen) atoms. The van der Waals surface area contributed by atoms with E-state index in [1.807, 2.05) is 45.9 Å². The number of sulfonamides is 1. The highest BCUT2D eigenvalue weighted by Crippen LogP contribution is 2.29. The SMILES string of the molecule is Cc1cc(C)c(C)c(S(=O)(=O)NCC(O)c2ccc3c(c2)CCO3)c1C. The minimum atomic E-state index is -3.72. The lowest BCUT2D eigenvalue weighted by molar-refractivity contribution is 0.182. The van der Waals surface area contributed by atoms with Crippen LogP contribution in [-0.2, 0) is 16.4 Å². The number of aryl methyl sites for hydroxylation is 2. The highest BCUT2D eigenvalue weighted by molar-refractivity contribution is 7.89. The number of rotatable bonds is 5. The summed E-state index contributed by atoms with van der Waals surface area (Å²) in [6.07, 6.45) is -0.107. The van der Waals surface area contributed by atoms with Crippen molar-refractivity contribution < 1.29 is 18.3 Å². The molecule has 5 nitrogen and oxygen atoms in total. The Labute approximate surface area is 155 Å².